The zero-order valence-corrected chi connectivity index (χ0v) is 13.4. The van der Waals surface area contributed by atoms with Crippen LogP contribution in [0, 0.1) is 11.8 Å². The third-order valence-electron chi connectivity index (χ3n) is 5.05. The highest BCUT2D eigenvalue weighted by Gasteiger charge is 2.40. The first kappa shape index (κ1) is 15.2. The van der Waals surface area contributed by atoms with Crippen molar-refractivity contribution in [2.45, 2.75) is 51.2 Å². The van der Waals surface area contributed by atoms with Crippen LogP contribution in [0.4, 0.5) is 0 Å². The van der Waals surface area contributed by atoms with E-state index in [4.69, 9.17) is 9.47 Å². The molecule has 2 bridgehead atoms. The zero-order valence-electron chi connectivity index (χ0n) is 13.4. The summed E-state index contributed by atoms with van der Waals surface area (Å²) in [5, 5.41) is 3.21. The molecule has 4 nitrogen and oxygen atoms in total. The Kier molecular flexibility index (Phi) is 4.55. The van der Waals surface area contributed by atoms with Crippen molar-refractivity contribution >= 4 is 5.91 Å². The van der Waals surface area contributed by atoms with Crippen LogP contribution in [-0.2, 0) is 4.79 Å². The Morgan fingerprint density at radius 1 is 1.32 bits per heavy atom. The van der Waals surface area contributed by atoms with Gasteiger partial charge in [0, 0.05) is 12.1 Å². The summed E-state index contributed by atoms with van der Waals surface area (Å²) in [5.74, 6) is 2.94. The Morgan fingerprint density at radius 2 is 2.14 bits per heavy atom. The number of fused-ring (bicyclic) bond motifs is 2. The number of carbonyl (C=O) groups excluding carboxylic acids is 1. The number of ether oxygens (including phenoxy) is 2. The molecule has 1 N–H and O–H groups in total. The van der Waals surface area contributed by atoms with Gasteiger partial charge < -0.3 is 14.8 Å². The average molecular weight is 303 g/mol. The van der Waals surface area contributed by atoms with Crippen molar-refractivity contribution in [3.63, 3.8) is 0 Å². The van der Waals surface area contributed by atoms with Crippen molar-refractivity contribution in [1.82, 2.24) is 5.32 Å². The smallest absolute Gasteiger partial charge is 0.261 e. The van der Waals surface area contributed by atoms with Crippen molar-refractivity contribution in [3.8, 4) is 11.5 Å². The number of benzene rings is 1. The Labute approximate surface area is 132 Å². The number of hydrogen-bond acceptors (Lipinski definition) is 3. The fourth-order valence-electron chi connectivity index (χ4n) is 3.86. The minimum absolute atomic E-state index is 0.0165. The van der Waals surface area contributed by atoms with Crippen molar-refractivity contribution in [2.75, 3.05) is 7.11 Å². The number of nitrogens with one attached hydrogen (secondary N) is 1. The van der Waals surface area contributed by atoms with E-state index in [1.807, 2.05) is 31.2 Å². The molecular weight excluding hydrogens is 278 g/mol. The van der Waals surface area contributed by atoms with Gasteiger partial charge in [0.1, 0.15) is 11.5 Å². The average Bonchev–Trinajstić information content (AvgIpc) is 3.15. The van der Waals surface area contributed by atoms with Crippen LogP contribution in [-0.4, -0.2) is 25.2 Å². The van der Waals surface area contributed by atoms with E-state index in [-0.39, 0.29) is 5.91 Å². The molecule has 22 heavy (non-hydrogen) atoms. The lowest BCUT2D eigenvalue weighted by Gasteiger charge is -2.25. The van der Waals surface area contributed by atoms with Crippen LogP contribution in [0.5, 0.6) is 11.5 Å². The number of rotatable bonds is 6. The lowest BCUT2D eigenvalue weighted by molar-refractivity contribution is -0.129. The van der Waals surface area contributed by atoms with E-state index >= 15 is 0 Å². The second-order valence-corrected chi connectivity index (χ2v) is 6.48. The Morgan fingerprint density at radius 3 is 2.77 bits per heavy atom. The van der Waals surface area contributed by atoms with E-state index in [0.717, 1.165) is 18.1 Å². The molecule has 0 aliphatic heterocycles. The lowest BCUT2D eigenvalue weighted by Crippen LogP contribution is -2.45. The molecule has 0 spiro atoms. The summed E-state index contributed by atoms with van der Waals surface area (Å²) in [6.45, 7) is 1.98. The lowest BCUT2D eigenvalue weighted by atomic mass is 9.95. The van der Waals surface area contributed by atoms with E-state index in [1.165, 1.54) is 19.3 Å². The quantitative estimate of drug-likeness (QED) is 0.878. The summed E-state index contributed by atoms with van der Waals surface area (Å²) in [5.41, 5.74) is 0. The summed E-state index contributed by atoms with van der Waals surface area (Å²) in [7, 11) is 1.62. The van der Waals surface area contributed by atoms with E-state index in [2.05, 4.69) is 5.32 Å². The van der Waals surface area contributed by atoms with Gasteiger partial charge in [0.2, 0.25) is 0 Å². The molecule has 1 amide bonds. The molecule has 4 heteroatoms. The molecule has 0 radical (unpaired) electrons. The van der Waals surface area contributed by atoms with E-state index in [9.17, 15) is 4.79 Å². The second kappa shape index (κ2) is 6.59. The van der Waals surface area contributed by atoms with Gasteiger partial charge in [-0.2, -0.15) is 0 Å². The molecule has 0 heterocycles. The van der Waals surface area contributed by atoms with Gasteiger partial charge >= 0.3 is 0 Å². The maximum absolute atomic E-state index is 12.5. The largest absolute Gasteiger partial charge is 0.497 e. The normalized spacial score (nSPS) is 27.5. The first-order valence-electron chi connectivity index (χ1n) is 8.30. The predicted molar refractivity (Wildman–Crippen MR) is 85.1 cm³/mol. The van der Waals surface area contributed by atoms with Gasteiger partial charge in [-0.15, -0.1) is 0 Å². The van der Waals surface area contributed by atoms with E-state index < -0.39 is 6.10 Å². The Bertz CT molecular complexity index is 531. The number of methoxy groups -OCH3 is 1. The topological polar surface area (TPSA) is 47.6 Å². The molecule has 0 saturated heterocycles. The summed E-state index contributed by atoms with van der Waals surface area (Å²) >= 11 is 0. The standard InChI is InChI=1S/C18H25NO3/c1-3-17(22-15-6-4-5-14(11-15)21-2)18(20)19-16-10-12-7-8-13(16)9-12/h4-6,11-13,16-17H,3,7-10H2,1-2H3,(H,19,20)/t12-,13-,16-,17-/m0/s1. The molecular formula is C18H25NO3. The van der Waals surface area contributed by atoms with Crippen LogP contribution >= 0.6 is 0 Å². The summed E-state index contributed by atoms with van der Waals surface area (Å²) in [4.78, 5) is 12.5. The van der Waals surface area contributed by atoms with Gasteiger partial charge in [-0.05, 0) is 49.7 Å². The summed E-state index contributed by atoms with van der Waals surface area (Å²) in [6, 6.07) is 7.76. The molecule has 2 aliphatic rings. The summed E-state index contributed by atoms with van der Waals surface area (Å²) < 4.78 is 11.1. The van der Waals surface area contributed by atoms with Gasteiger partial charge in [-0.25, -0.2) is 0 Å². The minimum Gasteiger partial charge on any atom is -0.497 e. The second-order valence-electron chi connectivity index (χ2n) is 6.48. The van der Waals surface area contributed by atoms with Crippen molar-refractivity contribution in [2.24, 2.45) is 11.8 Å². The molecule has 120 valence electrons. The first-order chi connectivity index (χ1) is 10.7. The van der Waals surface area contributed by atoms with Gasteiger partial charge in [0.15, 0.2) is 6.10 Å². The number of hydrogen-bond donors (Lipinski definition) is 1. The zero-order chi connectivity index (χ0) is 15.5. The van der Waals surface area contributed by atoms with Crippen LogP contribution in [0.25, 0.3) is 0 Å². The summed E-state index contributed by atoms with van der Waals surface area (Å²) in [6.07, 6.45) is 5.26. The minimum atomic E-state index is -0.439. The Balaban J connectivity index is 1.59. The van der Waals surface area contributed by atoms with E-state index in [0.29, 0.717) is 24.1 Å². The van der Waals surface area contributed by atoms with Gasteiger partial charge in [-0.1, -0.05) is 19.4 Å². The van der Waals surface area contributed by atoms with Crippen molar-refractivity contribution < 1.29 is 14.3 Å². The molecule has 0 aromatic heterocycles. The Hall–Kier alpha value is -1.71. The first-order valence-corrected chi connectivity index (χ1v) is 8.30. The molecule has 2 saturated carbocycles. The van der Waals surface area contributed by atoms with Crippen molar-refractivity contribution in [3.05, 3.63) is 24.3 Å². The highest BCUT2D eigenvalue weighted by atomic mass is 16.5. The van der Waals surface area contributed by atoms with Crippen LogP contribution in [0.1, 0.15) is 39.0 Å². The molecule has 4 atom stereocenters. The van der Waals surface area contributed by atoms with Crippen LogP contribution in [0.3, 0.4) is 0 Å². The highest BCUT2D eigenvalue weighted by Crippen LogP contribution is 2.44. The molecule has 2 aliphatic carbocycles. The molecule has 1 aromatic carbocycles. The van der Waals surface area contributed by atoms with Gasteiger partial charge in [0.05, 0.1) is 7.11 Å². The molecule has 2 fully saturated rings. The van der Waals surface area contributed by atoms with Crippen LogP contribution < -0.4 is 14.8 Å². The van der Waals surface area contributed by atoms with Gasteiger partial charge in [-0.3, -0.25) is 4.79 Å². The SMILES string of the molecule is CC[C@H](Oc1cccc(OC)c1)C(=O)N[C@H]1C[C@H]2CC[C@H]1C2. The number of amides is 1. The third-order valence-corrected chi connectivity index (χ3v) is 5.05. The monoisotopic (exact) mass is 303 g/mol. The van der Waals surface area contributed by atoms with Crippen LogP contribution in [0.2, 0.25) is 0 Å². The van der Waals surface area contributed by atoms with Gasteiger partial charge in [0.25, 0.3) is 5.91 Å². The fourth-order valence-corrected chi connectivity index (χ4v) is 3.86. The van der Waals surface area contributed by atoms with E-state index in [1.54, 1.807) is 7.11 Å². The maximum Gasteiger partial charge on any atom is 0.261 e. The molecule has 1 aromatic rings. The highest BCUT2D eigenvalue weighted by molar-refractivity contribution is 5.81. The van der Waals surface area contributed by atoms with Crippen LogP contribution in [0.15, 0.2) is 24.3 Å². The molecule has 0 unspecified atom stereocenters. The molecule has 3 rings (SSSR count). The maximum atomic E-state index is 12.5. The number of carbonyl (C=O) groups is 1. The fraction of sp³-hybridized carbons (Fsp3) is 0.611. The third kappa shape index (κ3) is 3.21. The van der Waals surface area contributed by atoms with Crippen molar-refractivity contribution in [1.29, 1.82) is 0 Å². The predicted octanol–water partition coefficient (Wildman–Crippen LogP) is 3.16.